The lowest BCUT2D eigenvalue weighted by Crippen LogP contribution is -2.23. The lowest BCUT2D eigenvalue weighted by atomic mass is 10.2. The van der Waals surface area contributed by atoms with E-state index >= 15 is 0 Å². The normalized spacial score (nSPS) is 11.0. The molecule has 0 heterocycles. The highest BCUT2D eigenvalue weighted by Gasteiger charge is 2.16. The van der Waals surface area contributed by atoms with Crippen LogP contribution in [0.2, 0.25) is 0 Å². The minimum atomic E-state index is -3.70. The molecule has 1 N–H and O–H groups in total. The van der Waals surface area contributed by atoms with Crippen molar-refractivity contribution in [1.29, 1.82) is 5.26 Å². The molecular formula is C9H10N2O3S. The first-order valence-corrected chi connectivity index (χ1v) is 5.55. The summed E-state index contributed by atoms with van der Waals surface area (Å²) in [6.07, 6.45) is 0. The minimum Gasteiger partial charge on any atom is -0.290 e. The fourth-order valence-electron chi connectivity index (χ4n) is 1.11. The lowest BCUT2D eigenvalue weighted by Gasteiger charge is -2.07. The summed E-state index contributed by atoms with van der Waals surface area (Å²) in [5.74, 6) is 0. The highest BCUT2D eigenvalue weighted by Crippen LogP contribution is 2.16. The van der Waals surface area contributed by atoms with Gasteiger partial charge in [0, 0.05) is 0 Å². The van der Waals surface area contributed by atoms with Crippen molar-refractivity contribution in [2.24, 2.45) is 0 Å². The van der Waals surface area contributed by atoms with Crippen LogP contribution in [0, 0.1) is 18.3 Å². The van der Waals surface area contributed by atoms with Gasteiger partial charge in [0.05, 0.1) is 23.6 Å². The zero-order valence-corrected chi connectivity index (χ0v) is 9.13. The summed E-state index contributed by atoms with van der Waals surface area (Å²) in [6.45, 7) is 1.64. The molecule has 15 heavy (non-hydrogen) atoms. The summed E-state index contributed by atoms with van der Waals surface area (Å²) in [4.78, 5) is 6.31. The standard InChI is InChI=1S/C9H10N2O3S/c1-7-3-4-8(6-10)5-9(7)15(12,13)11-14-2/h3-5,11H,1-2H3. The summed E-state index contributed by atoms with van der Waals surface area (Å²) in [7, 11) is -2.49. The Bertz CT molecular complexity index is 503. The summed E-state index contributed by atoms with van der Waals surface area (Å²) >= 11 is 0. The average molecular weight is 226 g/mol. The first-order chi connectivity index (χ1) is 7.01. The Morgan fingerprint density at radius 2 is 2.13 bits per heavy atom. The molecule has 0 aliphatic rings. The van der Waals surface area contributed by atoms with Crippen LogP contribution in [0.5, 0.6) is 0 Å². The van der Waals surface area contributed by atoms with Crippen molar-refractivity contribution < 1.29 is 13.3 Å². The molecule has 0 radical (unpaired) electrons. The second-order valence-corrected chi connectivity index (χ2v) is 4.50. The summed E-state index contributed by atoms with van der Waals surface area (Å²) in [5.41, 5.74) is 0.843. The van der Waals surface area contributed by atoms with Gasteiger partial charge in [-0.15, -0.1) is 0 Å². The molecule has 5 nitrogen and oxygen atoms in total. The maximum absolute atomic E-state index is 11.6. The molecule has 0 fully saturated rings. The van der Waals surface area contributed by atoms with Crippen LogP contribution in [0.4, 0.5) is 0 Å². The van der Waals surface area contributed by atoms with Gasteiger partial charge in [-0.25, -0.2) is 8.42 Å². The van der Waals surface area contributed by atoms with Crippen molar-refractivity contribution in [3.8, 4) is 6.07 Å². The number of hydrogen-bond acceptors (Lipinski definition) is 4. The Kier molecular flexibility index (Phi) is 3.42. The van der Waals surface area contributed by atoms with E-state index in [-0.39, 0.29) is 10.5 Å². The largest absolute Gasteiger partial charge is 0.290 e. The third kappa shape index (κ3) is 2.53. The van der Waals surface area contributed by atoms with E-state index in [1.165, 1.54) is 13.2 Å². The molecule has 0 saturated carbocycles. The van der Waals surface area contributed by atoms with Crippen molar-refractivity contribution in [3.63, 3.8) is 0 Å². The van der Waals surface area contributed by atoms with Gasteiger partial charge in [0.1, 0.15) is 0 Å². The molecule has 0 aliphatic carbocycles. The van der Waals surface area contributed by atoms with Crippen LogP contribution in [-0.2, 0) is 14.9 Å². The molecule has 0 atom stereocenters. The fraction of sp³-hybridized carbons (Fsp3) is 0.222. The zero-order chi connectivity index (χ0) is 11.5. The second-order valence-electron chi connectivity index (χ2n) is 2.88. The maximum atomic E-state index is 11.6. The third-order valence-corrected chi connectivity index (χ3v) is 3.20. The van der Waals surface area contributed by atoms with E-state index in [4.69, 9.17) is 5.26 Å². The molecule has 80 valence electrons. The lowest BCUT2D eigenvalue weighted by molar-refractivity contribution is 0.153. The van der Waals surface area contributed by atoms with Crippen molar-refractivity contribution in [2.45, 2.75) is 11.8 Å². The monoisotopic (exact) mass is 226 g/mol. The summed E-state index contributed by atoms with van der Waals surface area (Å²) in [5, 5.41) is 8.65. The maximum Gasteiger partial charge on any atom is 0.262 e. The third-order valence-electron chi connectivity index (χ3n) is 1.80. The van der Waals surface area contributed by atoms with Crippen LogP contribution >= 0.6 is 0 Å². The predicted octanol–water partition coefficient (Wildman–Crippen LogP) is 0.706. The number of nitrogens with one attached hydrogen (secondary N) is 1. The van der Waals surface area contributed by atoms with E-state index in [0.717, 1.165) is 0 Å². The molecule has 1 rings (SSSR count). The highest BCUT2D eigenvalue weighted by molar-refractivity contribution is 7.89. The van der Waals surface area contributed by atoms with E-state index in [0.29, 0.717) is 5.56 Å². The summed E-state index contributed by atoms with van der Waals surface area (Å²) < 4.78 is 23.2. The Labute approximate surface area is 88.3 Å². The molecule has 1 aromatic rings. The van der Waals surface area contributed by atoms with E-state index in [1.54, 1.807) is 19.1 Å². The van der Waals surface area contributed by atoms with Crippen LogP contribution in [0.25, 0.3) is 0 Å². The van der Waals surface area contributed by atoms with Gasteiger partial charge in [-0.3, -0.25) is 4.84 Å². The molecule has 0 amide bonds. The average Bonchev–Trinajstić information content (AvgIpc) is 2.18. The number of benzene rings is 1. The second kappa shape index (κ2) is 4.40. The number of hydrogen-bond donors (Lipinski definition) is 1. The zero-order valence-electron chi connectivity index (χ0n) is 8.31. The first-order valence-electron chi connectivity index (χ1n) is 4.07. The van der Waals surface area contributed by atoms with Crippen LogP contribution < -0.4 is 4.89 Å². The van der Waals surface area contributed by atoms with Crippen molar-refractivity contribution in [2.75, 3.05) is 7.11 Å². The number of aryl methyl sites for hydroxylation is 1. The van der Waals surface area contributed by atoms with Gasteiger partial charge >= 0.3 is 0 Å². The number of nitrogens with zero attached hydrogens (tertiary/aromatic N) is 1. The minimum absolute atomic E-state index is 0.0448. The molecule has 1 aromatic carbocycles. The van der Waals surface area contributed by atoms with Crippen LogP contribution in [0.15, 0.2) is 23.1 Å². The van der Waals surface area contributed by atoms with Gasteiger partial charge < -0.3 is 0 Å². The number of sulfonamides is 1. The van der Waals surface area contributed by atoms with E-state index in [1.807, 2.05) is 11.0 Å². The van der Waals surface area contributed by atoms with E-state index in [9.17, 15) is 8.42 Å². The molecule has 6 heteroatoms. The Balaban J connectivity index is 3.31. The molecule has 0 bridgehead atoms. The highest BCUT2D eigenvalue weighted by atomic mass is 32.2. The van der Waals surface area contributed by atoms with E-state index in [2.05, 4.69) is 4.84 Å². The molecule has 0 saturated heterocycles. The van der Waals surface area contributed by atoms with Gasteiger partial charge in [-0.1, -0.05) is 11.0 Å². The Morgan fingerprint density at radius 1 is 1.47 bits per heavy atom. The van der Waals surface area contributed by atoms with Gasteiger partial charge in [0.2, 0.25) is 0 Å². The Morgan fingerprint density at radius 3 is 2.67 bits per heavy atom. The molecule has 0 aromatic heterocycles. The van der Waals surface area contributed by atoms with E-state index < -0.39 is 10.0 Å². The molecular weight excluding hydrogens is 216 g/mol. The SMILES string of the molecule is CONS(=O)(=O)c1cc(C#N)ccc1C. The number of rotatable bonds is 3. The van der Waals surface area contributed by atoms with Crippen LogP contribution in [0.3, 0.4) is 0 Å². The van der Waals surface area contributed by atoms with Crippen molar-refractivity contribution >= 4 is 10.0 Å². The fourth-order valence-corrected chi connectivity index (χ4v) is 2.20. The first kappa shape index (κ1) is 11.7. The van der Waals surface area contributed by atoms with Crippen molar-refractivity contribution in [3.05, 3.63) is 29.3 Å². The van der Waals surface area contributed by atoms with Crippen molar-refractivity contribution in [1.82, 2.24) is 4.89 Å². The van der Waals surface area contributed by atoms with Gasteiger partial charge in [-0.05, 0) is 24.6 Å². The van der Waals surface area contributed by atoms with Gasteiger partial charge in [-0.2, -0.15) is 5.26 Å². The van der Waals surface area contributed by atoms with Gasteiger partial charge in [0.15, 0.2) is 0 Å². The Hall–Kier alpha value is -1.42. The van der Waals surface area contributed by atoms with Crippen LogP contribution in [0.1, 0.15) is 11.1 Å². The smallest absolute Gasteiger partial charge is 0.262 e. The topological polar surface area (TPSA) is 79.2 Å². The van der Waals surface area contributed by atoms with Gasteiger partial charge in [0.25, 0.3) is 10.0 Å². The molecule has 0 aliphatic heterocycles. The molecule has 0 unspecified atom stereocenters. The quantitative estimate of drug-likeness (QED) is 0.770. The predicted molar refractivity (Wildman–Crippen MR) is 53.2 cm³/mol. The summed E-state index contributed by atoms with van der Waals surface area (Å²) in [6, 6.07) is 6.31. The van der Waals surface area contributed by atoms with Crippen LogP contribution in [-0.4, -0.2) is 15.5 Å². The number of nitriles is 1. The molecule has 0 spiro atoms.